The number of hydrogen-bond donors (Lipinski definition) is 0. The highest BCUT2D eigenvalue weighted by Crippen LogP contribution is 2.32. The maximum Gasteiger partial charge on any atom is 0.387 e. The number of aryl methyl sites for hydroxylation is 1. The Labute approximate surface area is 196 Å². The first-order valence-corrected chi connectivity index (χ1v) is 10.4. The number of rotatable bonds is 9. The van der Waals surface area contributed by atoms with Crippen LogP contribution in [-0.2, 0) is 0 Å². The summed E-state index contributed by atoms with van der Waals surface area (Å²) in [6.45, 7) is 0.414. The molecule has 3 aromatic rings. The zero-order chi connectivity index (χ0) is 25.0. The van der Waals surface area contributed by atoms with Gasteiger partial charge in [0.1, 0.15) is 5.75 Å². The number of nitrogens with zero attached hydrogens (tertiary/aromatic N) is 2. The van der Waals surface area contributed by atoms with Crippen LogP contribution in [0.3, 0.4) is 0 Å². The molecule has 1 heterocycles. The van der Waals surface area contributed by atoms with E-state index >= 15 is 0 Å². The van der Waals surface area contributed by atoms with Crippen LogP contribution in [0.4, 0.5) is 8.78 Å². The summed E-state index contributed by atoms with van der Waals surface area (Å²) in [5, 5.41) is 0. The predicted octanol–water partition coefficient (Wildman–Crippen LogP) is 4.67. The van der Waals surface area contributed by atoms with Crippen molar-refractivity contribution in [1.82, 2.24) is 9.47 Å². The fourth-order valence-corrected chi connectivity index (χ4v) is 3.67. The molecule has 0 saturated carbocycles. The van der Waals surface area contributed by atoms with Gasteiger partial charge in [-0.25, -0.2) is 0 Å². The average molecular weight is 472 g/mol. The standard InChI is InChI=1S/C25H26F2N2O5/c1-15-13-20(16(2)29(15)17-9-11-18(12-10-17)34-25(26)27)21(30)14-33-23-19(24(31)28(3)4)7-6-8-22(23)32-5/h6-13,25H,14H2,1-5H3. The van der Waals surface area contributed by atoms with E-state index in [0.29, 0.717) is 22.7 Å². The van der Waals surface area contributed by atoms with Crippen LogP contribution in [0.15, 0.2) is 48.5 Å². The van der Waals surface area contributed by atoms with Crippen molar-refractivity contribution in [3.63, 3.8) is 0 Å². The Morgan fingerprint density at radius 3 is 2.29 bits per heavy atom. The number of carbonyl (C=O) groups is 2. The Bertz CT molecular complexity index is 1190. The predicted molar refractivity (Wildman–Crippen MR) is 123 cm³/mol. The number of amides is 1. The van der Waals surface area contributed by atoms with Gasteiger partial charge in [0.25, 0.3) is 5.91 Å². The van der Waals surface area contributed by atoms with E-state index < -0.39 is 6.61 Å². The van der Waals surface area contributed by atoms with Crippen molar-refractivity contribution in [3.8, 4) is 22.9 Å². The average Bonchev–Trinajstić information content (AvgIpc) is 3.10. The molecule has 0 aliphatic heterocycles. The van der Waals surface area contributed by atoms with E-state index in [-0.39, 0.29) is 35.4 Å². The van der Waals surface area contributed by atoms with Crippen LogP contribution in [0.5, 0.6) is 17.2 Å². The van der Waals surface area contributed by atoms with Gasteiger partial charge in [0.15, 0.2) is 18.1 Å². The first-order valence-electron chi connectivity index (χ1n) is 10.4. The third-order valence-electron chi connectivity index (χ3n) is 5.23. The second-order valence-electron chi connectivity index (χ2n) is 7.74. The summed E-state index contributed by atoms with van der Waals surface area (Å²) in [5.41, 5.74) is 2.87. The minimum Gasteiger partial charge on any atom is -0.493 e. The molecule has 0 aliphatic carbocycles. The number of benzene rings is 2. The van der Waals surface area contributed by atoms with Crippen LogP contribution in [0.1, 0.15) is 32.1 Å². The number of para-hydroxylation sites is 1. The summed E-state index contributed by atoms with van der Waals surface area (Å²) >= 11 is 0. The molecular weight excluding hydrogens is 446 g/mol. The molecule has 0 aliphatic rings. The SMILES string of the molecule is COc1cccc(C(=O)N(C)C)c1OCC(=O)c1cc(C)n(-c2ccc(OC(F)F)cc2)c1C. The maximum atomic E-state index is 13.0. The fourth-order valence-electron chi connectivity index (χ4n) is 3.67. The first kappa shape index (κ1) is 24.8. The van der Waals surface area contributed by atoms with Crippen molar-refractivity contribution in [2.24, 2.45) is 0 Å². The molecular formula is C25H26F2N2O5. The Morgan fingerprint density at radius 2 is 1.71 bits per heavy atom. The largest absolute Gasteiger partial charge is 0.493 e. The van der Waals surface area contributed by atoms with E-state index in [2.05, 4.69) is 4.74 Å². The molecule has 0 bridgehead atoms. The van der Waals surface area contributed by atoms with Crippen molar-refractivity contribution in [2.45, 2.75) is 20.5 Å². The monoisotopic (exact) mass is 472 g/mol. The van der Waals surface area contributed by atoms with Gasteiger partial charge in [-0.3, -0.25) is 9.59 Å². The molecule has 0 atom stereocenters. The van der Waals surface area contributed by atoms with Gasteiger partial charge in [0, 0.05) is 36.7 Å². The molecule has 180 valence electrons. The Kier molecular flexibility index (Phi) is 7.55. The van der Waals surface area contributed by atoms with Crippen LogP contribution in [0.2, 0.25) is 0 Å². The Morgan fingerprint density at radius 1 is 1.03 bits per heavy atom. The number of Topliss-reactive ketones (excluding diaryl/α,β-unsaturated/α-hetero) is 1. The first-order chi connectivity index (χ1) is 16.1. The number of carbonyl (C=O) groups excluding carboxylic acids is 2. The van der Waals surface area contributed by atoms with Gasteiger partial charge in [0.2, 0.25) is 5.78 Å². The quantitative estimate of drug-likeness (QED) is 0.424. The Hall–Kier alpha value is -3.88. The lowest BCUT2D eigenvalue weighted by Crippen LogP contribution is -2.23. The van der Waals surface area contributed by atoms with Gasteiger partial charge in [-0.05, 0) is 56.3 Å². The number of aromatic nitrogens is 1. The van der Waals surface area contributed by atoms with Crippen LogP contribution >= 0.6 is 0 Å². The zero-order valence-electron chi connectivity index (χ0n) is 19.6. The van der Waals surface area contributed by atoms with Crippen LogP contribution in [0, 0.1) is 13.8 Å². The second-order valence-corrected chi connectivity index (χ2v) is 7.74. The zero-order valence-corrected chi connectivity index (χ0v) is 19.6. The smallest absolute Gasteiger partial charge is 0.387 e. The van der Waals surface area contributed by atoms with Gasteiger partial charge in [-0.1, -0.05) is 6.07 Å². The van der Waals surface area contributed by atoms with E-state index in [9.17, 15) is 18.4 Å². The van der Waals surface area contributed by atoms with Gasteiger partial charge in [-0.15, -0.1) is 0 Å². The van der Waals surface area contributed by atoms with E-state index in [1.807, 2.05) is 11.5 Å². The molecule has 9 heteroatoms. The summed E-state index contributed by atoms with van der Waals surface area (Å²) in [6.07, 6.45) is 0. The second kappa shape index (κ2) is 10.4. The molecule has 0 saturated heterocycles. The number of ether oxygens (including phenoxy) is 3. The summed E-state index contributed by atoms with van der Waals surface area (Å²) in [5.74, 6) is 0.0216. The van der Waals surface area contributed by atoms with Crippen LogP contribution in [0.25, 0.3) is 5.69 Å². The number of methoxy groups -OCH3 is 1. The molecule has 34 heavy (non-hydrogen) atoms. The highest BCUT2D eigenvalue weighted by Gasteiger charge is 2.22. The van der Waals surface area contributed by atoms with Crippen molar-refractivity contribution >= 4 is 11.7 Å². The van der Waals surface area contributed by atoms with Crippen molar-refractivity contribution in [2.75, 3.05) is 27.8 Å². The Balaban J connectivity index is 1.85. The van der Waals surface area contributed by atoms with Crippen molar-refractivity contribution in [1.29, 1.82) is 0 Å². The van der Waals surface area contributed by atoms with E-state index in [0.717, 1.165) is 5.69 Å². The molecule has 1 amide bonds. The topological polar surface area (TPSA) is 70.0 Å². The minimum absolute atomic E-state index is 0.0470. The third kappa shape index (κ3) is 5.19. The normalized spacial score (nSPS) is 10.8. The highest BCUT2D eigenvalue weighted by atomic mass is 19.3. The van der Waals surface area contributed by atoms with Crippen molar-refractivity contribution < 1.29 is 32.6 Å². The lowest BCUT2D eigenvalue weighted by atomic mass is 10.1. The van der Waals surface area contributed by atoms with E-state index in [4.69, 9.17) is 9.47 Å². The van der Waals surface area contributed by atoms with E-state index in [1.54, 1.807) is 57.4 Å². The summed E-state index contributed by atoms with van der Waals surface area (Å²) < 4.78 is 42.2. The number of ketones is 1. The summed E-state index contributed by atoms with van der Waals surface area (Å²) in [6, 6.07) is 12.8. The lowest BCUT2D eigenvalue weighted by Gasteiger charge is -2.17. The van der Waals surface area contributed by atoms with Crippen LogP contribution in [-0.4, -0.2) is 55.6 Å². The lowest BCUT2D eigenvalue weighted by molar-refractivity contribution is -0.0498. The third-order valence-corrected chi connectivity index (χ3v) is 5.23. The molecule has 0 radical (unpaired) electrons. The van der Waals surface area contributed by atoms with Gasteiger partial charge < -0.3 is 23.7 Å². The molecule has 0 fully saturated rings. The maximum absolute atomic E-state index is 13.0. The van der Waals surface area contributed by atoms with Gasteiger partial charge in [-0.2, -0.15) is 8.78 Å². The molecule has 1 aromatic heterocycles. The molecule has 2 aromatic carbocycles. The fraction of sp³-hybridized carbons (Fsp3) is 0.280. The van der Waals surface area contributed by atoms with Gasteiger partial charge >= 0.3 is 6.61 Å². The number of alkyl halides is 2. The number of halogens is 2. The molecule has 7 nitrogen and oxygen atoms in total. The number of hydrogen-bond acceptors (Lipinski definition) is 5. The highest BCUT2D eigenvalue weighted by molar-refractivity contribution is 6.00. The van der Waals surface area contributed by atoms with Crippen molar-refractivity contribution in [3.05, 3.63) is 71.0 Å². The molecule has 0 spiro atoms. The molecule has 3 rings (SSSR count). The minimum atomic E-state index is -2.90. The summed E-state index contributed by atoms with van der Waals surface area (Å²) in [7, 11) is 4.70. The van der Waals surface area contributed by atoms with Crippen LogP contribution < -0.4 is 14.2 Å². The summed E-state index contributed by atoms with van der Waals surface area (Å²) in [4.78, 5) is 27.0. The van der Waals surface area contributed by atoms with Gasteiger partial charge in [0.05, 0.1) is 12.7 Å². The molecule has 0 unspecified atom stereocenters. The molecule has 0 N–H and O–H groups in total. The van der Waals surface area contributed by atoms with E-state index in [1.165, 1.54) is 24.1 Å².